The van der Waals surface area contributed by atoms with E-state index in [2.05, 4.69) is 4.98 Å². The van der Waals surface area contributed by atoms with E-state index in [1.165, 1.54) is 10.6 Å². The van der Waals surface area contributed by atoms with E-state index in [-0.39, 0.29) is 12.4 Å². The standard InChI is InChI=1S/C7H10N2S.ClH/c8-5-1-2-7-6(3-5)9-4-10-7;/h4-5H,1-3,8H2;1H. The highest BCUT2D eigenvalue weighted by Crippen LogP contribution is 2.22. The average Bonchev–Trinajstić information content (AvgIpc) is 2.33. The molecule has 2 nitrogen and oxygen atoms in total. The van der Waals surface area contributed by atoms with Gasteiger partial charge in [0.15, 0.2) is 0 Å². The van der Waals surface area contributed by atoms with Crippen molar-refractivity contribution < 1.29 is 0 Å². The van der Waals surface area contributed by atoms with Crippen LogP contribution in [0.25, 0.3) is 0 Å². The van der Waals surface area contributed by atoms with Gasteiger partial charge in [-0.25, -0.2) is 4.98 Å². The molecule has 0 aliphatic heterocycles. The van der Waals surface area contributed by atoms with Crippen LogP contribution in [0.4, 0.5) is 0 Å². The number of hydrogen-bond acceptors (Lipinski definition) is 3. The predicted molar refractivity (Wildman–Crippen MR) is 49.4 cm³/mol. The third kappa shape index (κ3) is 1.72. The van der Waals surface area contributed by atoms with Gasteiger partial charge < -0.3 is 5.73 Å². The summed E-state index contributed by atoms with van der Waals surface area (Å²) in [5.41, 5.74) is 8.93. The van der Waals surface area contributed by atoms with Gasteiger partial charge in [0.2, 0.25) is 0 Å². The number of nitrogens with two attached hydrogens (primary N) is 1. The first-order valence-electron chi connectivity index (χ1n) is 3.53. The molecule has 0 saturated carbocycles. The maximum absolute atomic E-state index is 5.77. The van der Waals surface area contributed by atoms with Crippen molar-refractivity contribution in [2.45, 2.75) is 25.3 Å². The molecular formula is C7H11ClN2S. The fraction of sp³-hybridized carbons (Fsp3) is 0.571. The normalized spacial score (nSPS) is 22.1. The molecule has 0 radical (unpaired) electrons. The van der Waals surface area contributed by atoms with Crippen molar-refractivity contribution in [3.8, 4) is 0 Å². The van der Waals surface area contributed by atoms with Crippen molar-refractivity contribution >= 4 is 23.7 Å². The third-order valence-electron chi connectivity index (χ3n) is 1.92. The van der Waals surface area contributed by atoms with E-state index in [4.69, 9.17) is 5.73 Å². The van der Waals surface area contributed by atoms with Crippen LogP contribution < -0.4 is 5.73 Å². The van der Waals surface area contributed by atoms with Crippen molar-refractivity contribution in [2.24, 2.45) is 5.73 Å². The van der Waals surface area contributed by atoms with Gasteiger partial charge in [0, 0.05) is 17.3 Å². The van der Waals surface area contributed by atoms with Crippen LogP contribution in [0.1, 0.15) is 17.0 Å². The minimum absolute atomic E-state index is 0. The summed E-state index contributed by atoms with van der Waals surface area (Å²) < 4.78 is 0. The molecule has 0 aromatic carbocycles. The molecule has 1 aliphatic carbocycles. The first-order valence-corrected chi connectivity index (χ1v) is 4.41. The molecule has 2 rings (SSSR count). The lowest BCUT2D eigenvalue weighted by atomic mass is 9.99. The molecule has 1 unspecified atom stereocenters. The minimum Gasteiger partial charge on any atom is -0.327 e. The summed E-state index contributed by atoms with van der Waals surface area (Å²) in [6.07, 6.45) is 3.26. The van der Waals surface area contributed by atoms with E-state index in [1.807, 2.05) is 5.51 Å². The molecule has 0 spiro atoms. The second-order valence-electron chi connectivity index (χ2n) is 2.73. The Morgan fingerprint density at radius 1 is 1.64 bits per heavy atom. The summed E-state index contributed by atoms with van der Waals surface area (Å²) in [6, 6.07) is 0.356. The molecule has 11 heavy (non-hydrogen) atoms. The fourth-order valence-corrected chi connectivity index (χ4v) is 2.15. The van der Waals surface area contributed by atoms with Crippen LogP contribution >= 0.6 is 23.7 Å². The summed E-state index contributed by atoms with van der Waals surface area (Å²) in [5.74, 6) is 0. The van der Waals surface area contributed by atoms with Crippen molar-refractivity contribution in [3.63, 3.8) is 0 Å². The number of thiazole rings is 1. The van der Waals surface area contributed by atoms with E-state index in [0.717, 1.165) is 19.3 Å². The Morgan fingerprint density at radius 3 is 3.27 bits per heavy atom. The zero-order valence-electron chi connectivity index (χ0n) is 6.12. The number of aryl methyl sites for hydroxylation is 1. The maximum Gasteiger partial charge on any atom is 0.0797 e. The Morgan fingerprint density at radius 2 is 2.45 bits per heavy atom. The second kappa shape index (κ2) is 3.52. The van der Waals surface area contributed by atoms with Gasteiger partial charge in [-0.1, -0.05) is 0 Å². The molecule has 0 saturated heterocycles. The third-order valence-corrected chi connectivity index (χ3v) is 2.86. The number of hydrogen-bond donors (Lipinski definition) is 1. The van der Waals surface area contributed by atoms with Gasteiger partial charge in [-0.2, -0.15) is 0 Å². The molecule has 0 fully saturated rings. The molecule has 2 N–H and O–H groups in total. The molecule has 4 heteroatoms. The minimum atomic E-state index is 0. The van der Waals surface area contributed by atoms with E-state index < -0.39 is 0 Å². The Bertz CT molecular complexity index is 236. The van der Waals surface area contributed by atoms with Crippen LogP contribution in [-0.4, -0.2) is 11.0 Å². The number of halogens is 1. The van der Waals surface area contributed by atoms with Gasteiger partial charge in [0.1, 0.15) is 0 Å². The predicted octanol–water partition coefficient (Wildman–Crippen LogP) is 1.38. The van der Waals surface area contributed by atoms with Gasteiger partial charge in [-0.3, -0.25) is 0 Å². The fourth-order valence-electron chi connectivity index (χ4n) is 1.33. The van der Waals surface area contributed by atoms with Crippen molar-refractivity contribution in [3.05, 3.63) is 16.1 Å². The monoisotopic (exact) mass is 190 g/mol. The largest absolute Gasteiger partial charge is 0.327 e. The van der Waals surface area contributed by atoms with Crippen molar-refractivity contribution in [1.82, 2.24) is 4.98 Å². The van der Waals surface area contributed by atoms with Crippen LogP contribution in [-0.2, 0) is 12.8 Å². The van der Waals surface area contributed by atoms with Crippen molar-refractivity contribution in [1.29, 1.82) is 0 Å². The van der Waals surface area contributed by atoms with E-state index in [9.17, 15) is 0 Å². The summed E-state index contributed by atoms with van der Waals surface area (Å²) in [7, 11) is 0. The van der Waals surface area contributed by atoms with Crippen LogP contribution in [0.2, 0.25) is 0 Å². The number of rotatable bonds is 0. The topological polar surface area (TPSA) is 38.9 Å². The van der Waals surface area contributed by atoms with Crippen LogP contribution in [0.3, 0.4) is 0 Å². The van der Waals surface area contributed by atoms with Gasteiger partial charge in [0.05, 0.1) is 11.2 Å². The number of fused-ring (bicyclic) bond motifs is 1. The maximum atomic E-state index is 5.77. The molecule has 0 bridgehead atoms. The Kier molecular flexibility index (Phi) is 2.87. The van der Waals surface area contributed by atoms with Gasteiger partial charge in [0.25, 0.3) is 0 Å². The summed E-state index contributed by atoms with van der Waals surface area (Å²) in [5, 5.41) is 0. The molecule has 0 amide bonds. The average molecular weight is 191 g/mol. The van der Waals surface area contributed by atoms with E-state index >= 15 is 0 Å². The van der Waals surface area contributed by atoms with Crippen LogP contribution in [0.5, 0.6) is 0 Å². The van der Waals surface area contributed by atoms with Crippen molar-refractivity contribution in [2.75, 3.05) is 0 Å². The van der Waals surface area contributed by atoms with Gasteiger partial charge in [-0.05, 0) is 12.8 Å². The number of nitrogens with zero attached hydrogens (tertiary/aromatic N) is 1. The lowest BCUT2D eigenvalue weighted by molar-refractivity contribution is 0.574. The number of aromatic nitrogens is 1. The van der Waals surface area contributed by atoms with E-state index in [0.29, 0.717) is 6.04 Å². The summed E-state index contributed by atoms with van der Waals surface area (Å²) in [6.45, 7) is 0. The molecule has 1 atom stereocenters. The Balaban J connectivity index is 0.000000605. The van der Waals surface area contributed by atoms with Crippen LogP contribution in [0.15, 0.2) is 5.51 Å². The molecule has 1 heterocycles. The quantitative estimate of drug-likeness (QED) is 0.672. The zero-order chi connectivity index (χ0) is 6.97. The van der Waals surface area contributed by atoms with Crippen LogP contribution in [0, 0.1) is 0 Å². The van der Waals surface area contributed by atoms with E-state index in [1.54, 1.807) is 11.3 Å². The smallest absolute Gasteiger partial charge is 0.0797 e. The lowest BCUT2D eigenvalue weighted by Gasteiger charge is -2.15. The Hall–Kier alpha value is -0.120. The SMILES string of the molecule is Cl.NC1CCc2scnc2C1. The molecule has 1 aromatic heterocycles. The molecule has 62 valence electrons. The van der Waals surface area contributed by atoms with Gasteiger partial charge >= 0.3 is 0 Å². The highest BCUT2D eigenvalue weighted by Gasteiger charge is 2.16. The first kappa shape index (κ1) is 8.97. The molecular weight excluding hydrogens is 180 g/mol. The Labute approximate surface area is 76.2 Å². The highest BCUT2D eigenvalue weighted by molar-refractivity contribution is 7.09. The lowest BCUT2D eigenvalue weighted by Crippen LogP contribution is -2.27. The summed E-state index contributed by atoms with van der Waals surface area (Å²) >= 11 is 1.76. The zero-order valence-corrected chi connectivity index (χ0v) is 7.75. The first-order chi connectivity index (χ1) is 4.86. The summed E-state index contributed by atoms with van der Waals surface area (Å²) in [4.78, 5) is 5.69. The second-order valence-corrected chi connectivity index (χ2v) is 3.66. The molecule has 1 aromatic rings. The molecule has 1 aliphatic rings. The van der Waals surface area contributed by atoms with Gasteiger partial charge in [-0.15, -0.1) is 23.7 Å². The highest BCUT2D eigenvalue weighted by atomic mass is 35.5.